The predicted molar refractivity (Wildman–Crippen MR) is 151 cm³/mol. The van der Waals surface area contributed by atoms with Crippen molar-refractivity contribution < 1.29 is 4.39 Å². The number of benzene rings is 2. The van der Waals surface area contributed by atoms with Crippen molar-refractivity contribution in [1.82, 2.24) is 0 Å². The zero-order valence-corrected chi connectivity index (χ0v) is 23.5. The van der Waals surface area contributed by atoms with Gasteiger partial charge in [0.15, 0.2) is 0 Å². The fourth-order valence-corrected chi connectivity index (χ4v) is 3.17. The van der Waals surface area contributed by atoms with E-state index in [2.05, 4.69) is 110 Å². The number of rotatable bonds is 7. The molecule has 0 heterocycles. The van der Waals surface area contributed by atoms with Crippen LogP contribution in [0.15, 0.2) is 48.5 Å². The van der Waals surface area contributed by atoms with Gasteiger partial charge in [-0.25, -0.2) is 0 Å². The molecular weight excluding hydrogens is 403 g/mol. The third-order valence-electron chi connectivity index (χ3n) is 4.78. The van der Waals surface area contributed by atoms with Crippen LogP contribution < -0.4 is 0 Å². The molecule has 2 aromatic rings. The highest BCUT2D eigenvalue weighted by molar-refractivity contribution is 5.23. The van der Waals surface area contributed by atoms with Crippen LogP contribution in [0, 0.1) is 32.4 Å². The molecule has 2 aromatic carbocycles. The third-order valence-corrected chi connectivity index (χ3v) is 4.78. The molecule has 0 amide bonds. The maximum atomic E-state index is 9.82. The number of aryl methyl sites for hydroxylation is 2. The van der Waals surface area contributed by atoms with Crippen molar-refractivity contribution in [2.24, 2.45) is 5.92 Å². The van der Waals surface area contributed by atoms with Crippen molar-refractivity contribution in [3.63, 3.8) is 0 Å². The van der Waals surface area contributed by atoms with Crippen LogP contribution in [-0.2, 0) is 6.42 Å². The van der Waals surface area contributed by atoms with Crippen LogP contribution in [0.1, 0.15) is 116 Å². The normalized spacial score (nSPS) is 9.09. The van der Waals surface area contributed by atoms with E-state index >= 15 is 0 Å². The van der Waals surface area contributed by atoms with Crippen LogP contribution in [0.2, 0.25) is 0 Å². The summed E-state index contributed by atoms with van der Waals surface area (Å²) in [6.45, 7) is 21.5. The Morgan fingerprint density at radius 1 is 0.758 bits per heavy atom. The molecule has 0 radical (unpaired) electrons. The molecule has 1 heteroatoms. The van der Waals surface area contributed by atoms with Crippen LogP contribution in [0.4, 0.5) is 4.39 Å². The minimum atomic E-state index is 0.653. The Hall–Kier alpha value is -2.07. The summed E-state index contributed by atoms with van der Waals surface area (Å²) in [6.07, 6.45) is 12.6. The van der Waals surface area contributed by atoms with E-state index < -0.39 is 0 Å². The van der Waals surface area contributed by atoms with E-state index in [1.807, 2.05) is 13.8 Å². The average Bonchev–Trinajstić information content (AvgIpc) is 2.79. The quantitative estimate of drug-likeness (QED) is 0.363. The van der Waals surface area contributed by atoms with Crippen molar-refractivity contribution in [3.8, 4) is 12.6 Å². The third kappa shape index (κ3) is 22.9. The minimum Gasteiger partial charge on any atom is -0.144 e. The highest BCUT2D eigenvalue weighted by atomic mass is 19.1. The molecule has 188 valence electrons. The summed E-state index contributed by atoms with van der Waals surface area (Å²) < 4.78 is 9.82. The SMILES string of the molecule is C#CF.CC.CCC.CCCC(CCC)Cc1ccc(C)cc1.Cc1ccc(C(C)C)cc1. The summed E-state index contributed by atoms with van der Waals surface area (Å²) in [5.41, 5.74) is 5.63. The number of hydrogen-bond donors (Lipinski definition) is 0. The van der Waals surface area contributed by atoms with Gasteiger partial charge in [-0.3, -0.25) is 0 Å². The Morgan fingerprint density at radius 3 is 1.39 bits per heavy atom. The number of hydrogen-bond acceptors (Lipinski definition) is 0. The van der Waals surface area contributed by atoms with Gasteiger partial charge < -0.3 is 0 Å². The van der Waals surface area contributed by atoms with Crippen LogP contribution in [0.5, 0.6) is 0 Å². The smallest absolute Gasteiger partial charge is 0.102 e. The van der Waals surface area contributed by atoms with Crippen LogP contribution in [0.25, 0.3) is 0 Å². The first-order valence-electron chi connectivity index (χ1n) is 13.0. The molecule has 0 aromatic heterocycles. The lowest BCUT2D eigenvalue weighted by molar-refractivity contribution is 0.438. The molecule has 0 N–H and O–H groups in total. The molecular formula is C32H53F. The Balaban J connectivity index is -0.000000430. The Bertz CT molecular complexity index is 653. The molecule has 33 heavy (non-hydrogen) atoms. The summed E-state index contributed by atoms with van der Waals surface area (Å²) >= 11 is 0. The first-order valence-corrected chi connectivity index (χ1v) is 13.0. The predicted octanol–water partition coefficient (Wildman–Crippen LogP) is 10.9. The Kier molecular flexibility index (Phi) is 28.2. The van der Waals surface area contributed by atoms with Gasteiger partial charge in [-0.2, -0.15) is 0 Å². The van der Waals surface area contributed by atoms with Crippen molar-refractivity contribution in [2.45, 2.75) is 114 Å². The van der Waals surface area contributed by atoms with Gasteiger partial charge in [0.05, 0.1) is 0 Å². The van der Waals surface area contributed by atoms with Gasteiger partial charge in [-0.1, -0.05) is 154 Å². The maximum Gasteiger partial charge on any atom is 0.102 e. The van der Waals surface area contributed by atoms with Gasteiger partial charge in [0.2, 0.25) is 0 Å². The lowest BCUT2D eigenvalue weighted by Crippen LogP contribution is -2.04. The maximum absolute atomic E-state index is 9.82. The van der Waals surface area contributed by atoms with E-state index in [1.165, 1.54) is 60.8 Å². The standard InChI is InChI=1S/C15H24.C10H14.C3H8.C2HF.C2H6/c1-4-6-14(7-5-2)12-15-10-8-13(3)9-11-15;1-8(2)10-6-4-9(3)5-7-10;1-3-2;1-2-3;1-2/h8-11,14H,4-7,12H2,1-3H3;4-8H,1-3H3;3H2,1-2H3;1H;1-2H3. The highest BCUT2D eigenvalue weighted by Crippen LogP contribution is 2.19. The zero-order valence-electron chi connectivity index (χ0n) is 23.5. The molecule has 2 rings (SSSR count). The first kappa shape index (κ1) is 35.5. The average molecular weight is 457 g/mol. The largest absolute Gasteiger partial charge is 0.144 e. The fourth-order valence-electron chi connectivity index (χ4n) is 3.17. The molecule has 0 nitrogen and oxygen atoms in total. The van der Waals surface area contributed by atoms with E-state index in [0.717, 1.165) is 12.1 Å². The molecule has 0 saturated carbocycles. The number of halogens is 1. The second-order valence-electron chi connectivity index (χ2n) is 8.51. The molecule has 0 bridgehead atoms. The molecule has 0 fully saturated rings. The van der Waals surface area contributed by atoms with Gasteiger partial charge >= 0.3 is 0 Å². The summed E-state index contributed by atoms with van der Waals surface area (Å²) in [7, 11) is 0. The second-order valence-corrected chi connectivity index (χ2v) is 8.51. The summed E-state index contributed by atoms with van der Waals surface area (Å²) in [4.78, 5) is 0. The Morgan fingerprint density at radius 2 is 1.09 bits per heavy atom. The highest BCUT2D eigenvalue weighted by Gasteiger charge is 2.07. The van der Waals surface area contributed by atoms with Crippen molar-refractivity contribution in [2.75, 3.05) is 0 Å². The number of terminal acetylenes is 1. The van der Waals surface area contributed by atoms with Crippen LogP contribution in [-0.4, -0.2) is 0 Å². The molecule has 0 spiro atoms. The first-order chi connectivity index (χ1) is 15.8. The monoisotopic (exact) mass is 456 g/mol. The molecule has 0 atom stereocenters. The fraction of sp³-hybridized carbons (Fsp3) is 0.562. The van der Waals surface area contributed by atoms with Crippen molar-refractivity contribution >= 4 is 0 Å². The Labute approximate surface area is 207 Å². The molecule has 0 saturated heterocycles. The minimum absolute atomic E-state index is 0.653. The van der Waals surface area contributed by atoms with E-state index in [1.54, 1.807) is 0 Å². The van der Waals surface area contributed by atoms with Crippen LogP contribution in [0.3, 0.4) is 0 Å². The van der Waals surface area contributed by atoms with Gasteiger partial charge in [0.25, 0.3) is 0 Å². The molecule has 0 aliphatic carbocycles. The lowest BCUT2D eigenvalue weighted by Gasteiger charge is -2.15. The summed E-state index contributed by atoms with van der Waals surface area (Å²) in [5.74, 6) is 1.54. The van der Waals surface area contributed by atoms with E-state index in [-0.39, 0.29) is 0 Å². The van der Waals surface area contributed by atoms with Gasteiger partial charge in [0.1, 0.15) is 6.17 Å². The second kappa shape index (κ2) is 26.2. The van der Waals surface area contributed by atoms with Gasteiger partial charge in [0, 0.05) is 0 Å². The molecule has 0 aliphatic heterocycles. The zero-order chi connectivity index (χ0) is 26.1. The molecule has 0 unspecified atom stereocenters. The van der Waals surface area contributed by atoms with Crippen molar-refractivity contribution in [3.05, 3.63) is 70.8 Å². The van der Waals surface area contributed by atoms with Gasteiger partial charge in [-0.05, 0) is 43.2 Å². The summed E-state index contributed by atoms with van der Waals surface area (Å²) in [6, 6.07) is 17.7. The molecule has 0 aliphatic rings. The van der Waals surface area contributed by atoms with E-state index in [0.29, 0.717) is 5.92 Å². The lowest BCUT2D eigenvalue weighted by atomic mass is 9.91. The van der Waals surface area contributed by atoms with E-state index in [9.17, 15) is 4.39 Å². The topological polar surface area (TPSA) is 0 Å². The van der Waals surface area contributed by atoms with Gasteiger partial charge in [-0.15, -0.1) is 4.39 Å². The van der Waals surface area contributed by atoms with E-state index in [4.69, 9.17) is 0 Å². The van der Waals surface area contributed by atoms with Crippen molar-refractivity contribution in [1.29, 1.82) is 0 Å². The summed E-state index contributed by atoms with van der Waals surface area (Å²) in [5, 5.41) is 0. The van der Waals surface area contributed by atoms with Crippen LogP contribution >= 0.6 is 0 Å².